The van der Waals surface area contributed by atoms with Crippen molar-refractivity contribution in [1.82, 2.24) is 14.8 Å². The highest BCUT2D eigenvalue weighted by Crippen LogP contribution is 2.34. The molecule has 130 valence electrons. The molecule has 4 heteroatoms. The minimum Gasteiger partial charge on any atom is -0.306 e. The normalized spacial score (nSPS) is 15.7. The Bertz CT molecular complexity index is 844. The zero-order valence-electron chi connectivity index (χ0n) is 14.8. The van der Waals surface area contributed by atoms with Crippen LogP contribution in [0.2, 0.25) is 0 Å². The second-order valence-corrected chi connectivity index (χ2v) is 7.79. The molecule has 1 aliphatic carbocycles. The van der Waals surface area contributed by atoms with Gasteiger partial charge in [-0.05, 0) is 36.1 Å². The van der Waals surface area contributed by atoms with Crippen molar-refractivity contribution in [2.24, 2.45) is 0 Å². The monoisotopic (exact) mass is 351 g/mol. The molecule has 25 heavy (non-hydrogen) atoms. The second-order valence-electron chi connectivity index (χ2n) is 6.85. The van der Waals surface area contributed by atoms with Crippen molar-refractivity contribution in [3.8, 4) is 0 Å². The highest BCUT2D eigenvalue weighted by Gasteiger charge is 2.22. The van der Waals surface area contributed by atoms with Crippen LogP contribution in [0.1, 0.15) is 56.3 Å². The number of benzene rings is 2. The fourth-order valence-corrected chi connectivity index (χ4v) is 4.94. The molecule has 0 unspecified atom stereocenters. The molecule has 0 amide bonds. The fourth-order valence-electron chi connectivity index (χ4n) is 3.93. The maximum atomic E-state index is 4.58. The van der Waals surface area contributed by atoms with Gasteiger partial charge >= 0.3 is 0 Å². The van der Waals surface area contributed by atoms with Gasteiger partial charge in [0.15, 0.2) is 5.16 Å². The Balaban J connectivity index is 1.55. The first-order valence-corrected chi connectivity index (χ1v) is 10.4. The van der Waals surface area contributed by atoms with Crippen molar-refractivity contribution < 1.29 is 0 Å². The summed E-state index contributed by atoms with van der Waals surface area (Å²) in [5.74, 6) is 2.75. The zero-order valence-corrected chi connectivity index (χ0v) is 15.6. The van der Waals surface area contributed by atoms with Gasteiger partial charge in [0.2, 0.25) is 0 Å². The average molecular weight is 352 g/mol. The molecule has 1 aromatic heterocycles. The van der Waals surface area contributed by atoms with Crippen molar-refractivity contribution in [3.05, 3.63) is 53.9 Å². The zero-order chi connectivity index (χ0) is 17.1. The Hall–Kier alpha value is -1.81. The van der Waals surface area contributed by atoms with Crippen molar-refractivity contribution in [2.45, 2.75) is 62.4 Å². The standard InChI is InChI=1S/C21H25N3S/c1-2-24-20(17-10-4-3-5-11-17)22-23-21(24)25-15-18-13-8-12-16-9-6-7-14-19(16)18/h6-9,12-14,17H,2-5,10-11,15H2,1H3. The predicted molar refractivity (Wildman–Crippen MR) is 105 cm³/mol. The SMILES string of the molecule is CCn1c(SCc2cccc3ccccc23)nnc1C1CCCCC1. The largest absolute Gasteiger partial charge is 0.306 e. The molecule has 0 spiro atoms. The van der Waals surface area contributed by atoms with Gasteiger partial charge in [-0.25, -0.2) is 0 Å². The Labute approximate surface area is 153 Å². The number of rotatable bonds is 5. The molecule has 2 aromatic carbocycles. The van der Waals surface area contributed by atoms with Crippen LogP contribution in [0.3, 0.4) is 0 Å². The van der Waals surface area contributed by atoms with Crippen molar-refractivity contribution in [2.75, 3.05) is 0 Å². The van der Waals surface area contributed by atoms with Crippen LogP contribution in [0.5, 0.6) is 0 Å². The highest BCUT2D eigenvalue weighted by atomic mass is 32.2. The molecule has 0 bridgehead atoms. The summed E-state index contributed by atoms with van der Waals surface area (Å²) in [6.07, 6.45) is 6.58. The lowest BCUT2D eigenvalue weighted by atomic mass is 9.89. The Morgan fingerprint density at radius 2 is 1.80 bits per heavy atom. The topological polar surface area (TPSA) is 30.7 Å². The third-order valence-electron chi connectivity index (χ3n) is 5.27. The van der Waals surface area contributed by atoms with E-state index in [2.05, 4.69) is 64.2 Å². The van der Waals surface area contributed by atoms with Gasteiger partial charge in [-0.2, -0.15) is 0 Å². The number of fused-ring (bicyclic) bond motifs is 1. The Morgan fingerprint density at radius 1 is 1.00 bits per heavy atom. The number of hydrogen-bond donors (Lipinski definition) is 0. The van der Waals surface area contributed by atoms with Gasteiger partial charge in [0.1, 0.15) is 5.82 Å². The molecular formula is C21H25N3S. The summed E-state index contributed by atoms with van der Waals surface area (Å²) in [6.45, 7) is 3.16. The third-order valence-corrected chi connectivity index (χ3v) is 6.28. The number of aromatic nitrogens is 3. The van der Waals surface area contributed by atoms with E-state index in [9.17, 15) is 0 Å². The smallest absolute Gasteiger partial charge is 0.191 e. The van der Waals surface area contributed by atoms with E-state index < -0.39 is 0 Å². The molecule has 0 saturated heterocycles. The Morgan fingerprint density at radius 3 is 2.64 bits per heavy atom. The lowest BCUT2D eigenvalue weighted by Crippen LogP contribution is -2.12. The molecule has 0 radical (unpaired) electrons. The first-order valence-electron chi connectivity index (χ1n) is 9.39. The van der Waals surface area contributed by atoms with Crippen molar-refractivity contribution in [3.63, 3.8) is 0 Å². The van der Waals surface area contributed by atoms with Gasteiger partial charge in [0.05, 0.1) is 0 Å². The van der Waals surface area contributed by atoms with E-state index >= 15 is 0 Å². The third kappa shape index (κ3) is 3.45. The lowest BCUT2D eigenvalue weighted by molar-refractivity contribution is 0.413. The van der Waals surface area contributed by atoms with Gasteiger partial charge in [-0.1, -0.05) is 73.5 Å². The van der Waals surface area contributed by atoms with E-state index in [1.807, 2.05) is 11.8 Å². The molecule has 0 aliphatic heterocycles. The molecule has 1 saturated carbocycles. The van der Waals surface area contributed by atoms with Gasteiger partial charge in [0.25, 0.3) is 0 Å². The number of thioether (sulfide) groups is 1. The summed E-state index contributed by atoms with van der Waals surface area (Å²) < 4.78 is 2.34. The molecule has 3 aromatic rings. The van der Waals surface area contributed by atoms with Crippen LogP contribution in [0.15, 0.2) is 47.6 Å². The first kappa shape index (κ1) is 16.6. The molecular weight excluding hydrogens is 326 g/mol. The number of hydrogen-bond acceptors (Lipinski definition) is 3. The Kier molecular flexibility index (Phi) is 5.07. The summed E-state index contributed by atoms with van der Waals surface area (Å²) in [5.41, 5.74) is 1.37. The van der Waals surface area contributed by atoms with E-state index in [-0.39, 0.29) is 0 Å². The minimum atomic E-state index is 0.605. The van der Waals surface area contributed by atoms with Crippen LogP contribution in [-0.2, 0) is 12.3 Å². The van der Waals surface area contributed by atoms with Crippen LogP contribution < -0.4 is 0 Å². The number of nitrogens with zero attached hydrogens (tertiary/aromatic N) is 3. The van der Waals surface area contributed by atoms with Crippen LogP contribution in [0, 0.1) is 0 Å². The summed E-state index contributed by atoms with van der Waals surface area (Å²) in [5, 5.41) is 12.8. The molecule has 1 fully saturated rings. The van der Waals surface area contributed by atoms with Crippen LogP contribution in [0.25, 0.3) is 10.8 Å². The predicted octanol–water partition coefficient (Wildman–Crippen LogP) is 5.79. The van der Waals surface area contributed by atoms with Gasteiger partial charge in [-0.15, -0.1) is 10.2 Å². The summed E-state index contributed by atoms with van der Waals surface area (Å²) in [7, 11) is 0. The fraction of sp³-hybridized carbons (Fsp3) is 0.429. The van der Waals surface area contributed by atoms with E-state index in [1.165, 1.54) is 54.3 Å². The molecule has 1 heterocycles. The molecule has 0 atom stereocenters. The van der Waals surface area contributed by atoms with E-state index in [0.717, 1.165) is 17.5 Å². The van der Waals surface area contributed by atoms with Crippen LogP contribution in [0.4, 0.5) is 0 Å². The molecule has 3 nitrogen and oxygen atoms in total. The van der Waals surface area contributed by atoms with E-state index in [0.29, 0.717) is 5.92 Å². The quantitative estimate of drug-likeness (QED) is 0.545. The van der Waals surface area contributed by atoms with E-state index in [1.54, 1.807) is 0 Å². The maximum absolute atomic E-state index is 4.58. The summed E-state index contributed by atoms with van der Waals surface area (Å²) in [6, 6.07) is 15.2. The van der Waals surface area contributed by atoms with Crippen molar-refractivity contribution >= 4 is 22.5 Å². The average Bonchev–Trinajstić information content (AvgIpc) is 3.10. The van der Waals surface area contributed by atoms with Crippen molar-refractivity contribution in [1.29, 1.82) is 0 Å². The second kappa shape index (κ2) is 7.61. The highest BCUT2D eigenvalue weighted by molar-refractivity contribution is 7.98. The molecule has 0 N–H and O–H groups in total. The van der Waals surface area contributed by atoms with Gasteiger partial charge < -0.3 is 4.57 Å². The lowest BCUT2D eigenvalue weighted by Gasteiger charge is -2.21. The summed E-state index contributed by atoms with van der Waals surface area (Å²) in [4.78, 5) is 0. The van der Waals surface area contributed by atoms with E-state index in [4.69, 9.17) is 0 Å². The van der Waals surface area contributed by atoms with Gasteiger partial charge in [0, 0.05) is 18.2 Å². The molecule has 1 aliphatic rings. The van der Waals surface area contributed by atoms with Crippen LogP contribution in [-0.4, -0.2) is 14.8 Å². The van der Waals surface area contributed by atoms with Crippen LogP contribution >= 0.6 is 11.8 Å². The molecule has 4 rings (SSSR count). The minimum absolute atomic E-state index is 0.605. The van der Waals surface area contributed by atoms with Gasteiger partial charge in [-0.3, -0.25) is 0 Å². The first-order chi connectivity index (χ1) is 12.4. The maximum Gasteiger partial charge on any atom is 0.191 e. The summed E-state index contributed by atoms with van der Waals surface area (Å²) >= 11 is 1.81.